The van der Waals surface area contributed by atoms with E-state index in [1.165, 1.54) is 0 Å². The van der Waals surface area contributed by atoms with Crippen LogP contribution in [-0.4, -0.2) is 19.2 Å². The van der Waals surface area contributed by atoms with Crippen molar-refractivity contribution in [3.63, 3.8) is 0 Å². The molecule has 88 valence electrons. The molecule has 1 aromatic heterocycles. The Morgan fingerprint density at radius 1 is 1.62 bits per heavy atom. The fourth-order valence-corrected chi connectivity index (χ4v) is 3.49. The van der Waals surface area contributed by atoms with Gasteiger partial charge in [-0.05, 0) is 0 Å². The Balaban J connectivity index is 3.20. The normalized spacial score (nSPS) is 11.1. The first-order valence-electron chi connectivity index (χ1n) is 3.71. The molecule has 1 rings (SSSR count). The molecule has 0 spiro atoms. The molecule has 0 unspecified atom stereocenters. The zero-order valence-corrected chi connectivity index (χ0v) is 10.1. The average Bonchev–Trinajstić information content (AvgIpc) is 2.45. The number of hydrogen-bond acceptors (Lipinski definition) is 6. The van der Waals surface area contributed by atoms with Gasteiger partial charge in [-0.15, -0.1) is 11.3 Å². The number of hydrogen-bond donors (Lipinski definition) is 1. The van der Waals surface area contributed by atoms with Crippen molar-refractivity contribution in [2.45, 2.75) is 11.1 Å². The summed E-state index contributed by atoms with van der Waals surface area (Å²) in [5.41, 5.74) is -0.504. The lowest BCUT2D eigenvalue weighted by Crippen LogP contribution is -2.27. The van der Waals surface area contributed by atoms with E-state index in [-0.39, 0.29) is 8.55 Å². The summed E-state index contributed by atoms with van der Waals surface area (Å²) < 4.78 is 23.9. The first kappa shape index (κ1) is 12.9. The van der Waals surface area contributed by atoms with Gasteiger partial charge in [0.25, 0.3) is 15.7 Å². The topological polar surface area (TPSA) is 106 Å². The molecule has 0 aliphatic carbocycles. The van der Waals surface area contributed by atoms with Crippen molar-refractivity contribution in [3.05, 3.63) is 20.5 Å². The standard InChI is InChI=1S/C6H5ClN2O5S2/c1-3(10)8-16(13,14)5-2-4(9(11)12)6(7)15-5/h2H,1H3,(H,8,10). The van der Waals surface area contributed by atoms with Crippen LogP contribution in [-0.2, 0) is 14.8 Å². The van der Waals surface area contributed by atoms with Gasteiger partial charge >= 0.3 is 0 Å². The average molecular weight is 285 g/mol. The largest absolute Gasteiger partial charge is 0.300 e. The highest BCUT2D eigenvalue weighted by Crippen LogP contribution is 2.35. The molecule has 0 fully saturated rings. The van der Waals surface area contributed by atoms with Crippen molar-refractivity contribution in [1.29, 1.82) is 0 Å². The van der Waals surface area contributed by atoms with Crippen LogP contribution in [0.3, 0.4) is 0 Å². The predicted octanol–water partition coefficient (Wildman–Crippen LogP) is 1.13. The van der Waals surface area contributed by atoms with Crippen LogP contribution >= 0.6 is 22.9 Å². The van der Waals surface area contributed by atoms with Crippen molar-refractivity contribution < 1.29 is 18.1 Å². The Kier molecular flexibility index (Phi) is 3.51. The minimum Gasteiger partial charge on any atom is -0.274 e. The minimum absolute atomic E-state index is 0.256. The van der Waals surface area contributed by atoms with Crippen molar-refractivity contribution >= 4 is 44.6 Å². The van der Waals surface area contributed by atoms with E-state index in [1.54, 1.807) is 4.72 Å². The van der Waals surface area contributed by atoms with Gasteiger partial charge in [-0.3, -0.25) is 14.9 Å². The van der Waals surface area contributed by atoms with E-state index in [0.29, 0.717) is 11.3 Å². The SMILES string of the molecule is CC(=O)NS(=O)(=O)c1cc([N+](=O)[O-])c(Cl)s1. The first-order chi connectivity index (χ1) is 7.24. The summed E-state index contributed by atoms with van der Waals surface area (Å²) in [5.74, 6) is -0.785. The summed E-state index contributed by atoms with van der Waals surface area (Å²) in [5, 5.41) is 10.4. The molecule has 0 aliphatic heterocycles. The maximum absolute atomic E-state index is 11.4. The zero-order valence-electron chi connectivity index (χ0n) is 7.76. The molecule has 0 aliphatic rings. The molecular weight excluding hydrogens is 280 g/mol. The van der Waals surface area contributed by atoms with Crippen LogP contribution in [0.5, 0.6) is 0 Å². The molecule has 10 heteroatoms. The lowest BCUT2D eigenvalue weighted by atomic mass is 10.6. The second-order valence-corrected chi connectivity index (χ2v) is 6.21. The highest BCUT2D eigenvalue weighted by molar-refractivity contribution is 7.92. The third-order valence-corrected chi connectivity index (χ3v) is 4.63. The Morgan fingerprint density at radius 2 is 2.19 bits per heavy atom. The molecule has 0 radical (unpaired) electrons. The summed E-state index contributed by atoms with van der Waals surface area (Å²) in [6.45, 7) is 1.02. The molecule has 0 saturated carbocycles. The number of sulfonamides is 1. The molecule has 1 heterocycles. The summed E-state index contributed by atoms with van der Waals surface area (Å²) in [6.07, 6.45) is 0. The minimum atomic E-state index is -4.06. The third-order valence-electron chi connectivity index (χ3n) is 1.39. The van der Waals surface area contributed by atoms with Gasteiger partial charge in [0, 0.05) is 13.0 Å². The van der Waals surface area contributed by atoms with Crippen LogP contribution in [0, 0.1) is 10.1 Å². The van der Waals surface area contributed by atoms with E-state index in [4.69, 9.17) is 11.6 Å². The lowest BCUT2D eigenvalue weighted by molar-refractivity contribution is -0.384. The van der Waals surface area contributed by atoms with Gasteiger partial charge in [-0.25, -0.2) is 13.1 Å². The number of thiophene rings is 1. The number of nitrogens with zero attached hydrogens (tertiary/aromatic N) is 1. The highest BCUT2D eigenvalue weighted by Gasteiger charge is 2.25. The number of nitrogens with one attached hydrogen (secondary N) is 1. The van der Waals surface area contributed by atoms with Crippen molar-refractivity contribution in [1.82, 2.24) is 4.72 Å². The number of nitro groups is 1. The number of carbonyl (C=O) groups is 1. The van der Waals surface area contributed by atoms with Gasteiger partial charge in [-0.1, -0.05) is 11.6 Å². The number of amides is 1. The van der Waals surface area contributed by atoms with Gasteiger partial charge in [0.05, 0.1) is 4.92 Å². The van der Waals surface area contributed by atoms with Crippen molar-refractivity contribution in [2.24, 2.45) is 0 Å². The summed E-state index contributed by atoms with van der Waals surface area (Å²) >= 11 is 5.99. The van der Waals surface area contributed by atoms with Gasteiger partial charge < -0.3 is 0 Å². The van der Waals surface area contributed by atoms with Crippen LogP contribution in [0.2, 0.25) is 4.34 Å². The molecular formula is C6H5ClN2O5S2. The monoisotopic (exact) mass is 284 g/mol. The van der Waals surface area contributed by atoms with Gasteiger partial charge in [-0.2, -0.15) is 0 Å². The molecule has 1 amide bonds. The van der Waals surface area contributed by atoms with E-state index in [2.05, 4.69) is 0 Å². The maximum atomic E-state index is 11.4. The Morgan fingerprint density at radius 3 is 2.56 bits per heavy atom. The molecule has 0 atom stereocenters. The number of rotatable bonds is 3. The van der Waals surface area contributed by atoms with Crippen LogP contribution < -0.4 is 4.72 Å². The summed E-state index contributed by atoms with van der Waals surface area (Å²) in [6, 6.07) is 0.804. The summed E-state index contributed by atoms with van der Waals surface area (Å²) in [4.78, 5) is 20.2. The maximum Gasteiger partial charge on any atom is 0.300 e. The highest BCUT2D eigenvalue weighted by atomic mass is 35.5. The van der Waals surface area contributed by atoms with Crippen LogP contribution in [0.1, 0.15) is 6.92 Å². The second kappa shape index (κ2) is 4.36. The third kappa shape index (κ3) is 2.68. The van der Waals surface area contributed by atoms with E-state index < -0.39 is 26.5 Å². The fraction of sp³-hybridized carbons (Fsp3) is 0.167. The van der Waals surface area contributed by atoms with Gasteiger partial charge in [0.1, 0.15) is 4.21 Å². The molecule has 1 N–H and O–H groups in total. The first-order valence-corrected chi connectivity index (χ1v) is 6.39. The predicted molar refractivity (Wildman–Crippen MR) is 57.0 cm³/mol. The van der Waals surface area contributed by atoms with Crippen LogP contribution in [0.4, 0.5) is 5.69 Å². The van der Waals surface area contributed by atoms with E-state index >= 15 is 0 Å². The lowest BCUT2D eigenvalue weighted by Gasteiger charge is -1.99. The van der Waals surface area contributed by atoms with Gasteiger partial charge in [0.2, 0.25) is 5.91 Å². The second-order valence-electron chi connectivity index (χ2n) is 2.64. The summed E-state index contributed by atoms with van der Waals surface area (Å²) in [7, 11) is -4.06. The Hall–Kier alpha value is -1.19. The van der Waals surface area contributed by atoms with E-state index in [9.17, 15) is 23.3 Å². The van der Waals surface area contributed by atoms with Gasteiger partial charge in [0.15, 0.2) is 4.34 Å². The smallest absolute Gasteiger partial charge is 0.274 e. The quantitative estimate of drug-likeness (QED) is 0.661. The van der Waals surface area contributed by atoms with E-state index in [1.807, 2.05) is 0 Å². The fourth-order valence-electron chi connectivity index (χ4n) is 0.835. The Labute approximate surface area is 99.2 Å². The zero-order chi connectivity index (χ0) is 12.5. The molecule has 0 bridgehead atoms. The van der Waals surface area contributed by atoms with Crippen LogP contribution in [0.25, 0.3) is 0 Å². The molecule has 1 aromatic rings. The Bertz CT molecular complexity index is 549. The van der Waals surface area contributed by atoms with Crippen molar-refractivity contribution in [2.75, 3.05) is 0 Å². The van der Waals surface area contributed by atoms with Crippen molar-refractivity contribution in [3.8, 4) is 0 Å². The molecule has 0 saturated heterocycles. The number of halogens is 1. The molecule has 0 aromatic carbocycles. The van der Waals surface area contributed by atoms with E-state index in [0.717, 1.165) is 13.0 Å². The molecule has 16 heavy (non-hydrogen) atoms. The molecule has 7 nitrogen and oxygen atoms in total. The number of carbonyl (C=O) groups excluding carboxylic acids is 1. The van der Waals surface area contributed by atoms with Crippen LogP contribution in [0.15, 0.2) is 10.3 Å².